The molecule has 1 heterocycles. The third-order valence-electron chi connectivity index (χ3n) is 3.97. The molecule has 1 atom stereocenters. The Morgan fingerprint density at radius 2 is 2.04 bits per heavy atom. The van der Waals surface area contributed by atoms with Gasteiger partial charge in [-0.3, -0.25) is 4.79 Å². The zero-order valence-electron chi connectivity index (χ0n) is 15.9. The number of nitriles is 1. The molecule has 0 fully saturated rings. The summed E-state index contributed by atoms with van der Waals surface area (Å²) in [6.45, 7) is 7.41. The van der Waals surface area contributed by atoms with Gasteiger partial charge in [0.15, 0.2) is 0 Å². The van der Waals surface area contributed by atoms with Gasteiger partial charge in [0.1, 0.15) is 6.61 Å². The van der Waals surface area contributed by atoms with E-state index >= 15 is 0 Å². The summed E-state index contributed by atoms with van der Waals surface area (Å²) in [6, 6.07) is 11.5. The molecule has 0 spiro atoms. The second kappa shape index (κ2) is 10.4. The van der Waals surface area contributed by atoms with Gasteiger partial charge in [0, 0.05) is 5.70 Å². The quantitative estimate of drug-likeness (QED) is 0.530. The molecule has 0 aliphatic carbocycles. The van der Waals surface area contributed by atoms with Gasteiger partial charge in [0.2, 0.25) is 0 Å². The highest BCUT2D eigenvalue weighted by molar-refractivity contribution is 8.03. The molecular weight excluding hydrogens is 376 g/mol. The first kappa shape index (κ1) is 21.3. The molecular formula is C21H22N2O4S. The fourth-order valence-electron chi connectivity index (χ4n) is 2.82. The highest BCUT2D eigenvalue weighted by Gasteiger charge is 2.35. The van der Waals surface area contributed by atoms with Gasteiger partial charge in [-0.1, -0.05) is 54.7 Å². The number of rotatable bonds is 8. The Morgan fingerprint density at radius 1 is 1.32 bits per heavy atom. The van der Waals surface area contributed by atoms with Crippen LogP contribution in [-0.2, 0) is 19.1 Å². The number of carbonyl (C=O) groups is 2. The van der Waals surface area contributed by atoms with Crippen LogP contribution >= 0.6 is 11.8 Å². The summed E-state index contributed by atoms with van der Waals surface area (Å²) in [5.41, 5.74) is 2.09. The smallest absolute Gasteiger partial charge is 0.337 e. The fraction of sp³-hybridized carbons (Fsp3) is 0.286. The summed E-state index contributed by atoms with van der Waals surface area (Å²) in [5, 5.41) is 13.5. The molecule has 0 aromatic heterocycles. The van der Waals surface area contributed by atoms with Gasteiger partial charge < -0.3 is 14.8 Å². The zero-order chi connectivity index (χ0) is 20.5. The van der Waals surface area contributed by atoms with Crippen LogP contribution in [0.15, 0.2) is 64.9 Å². The second-order valence-electron chi connectivity index (χ2n) is 5.84. The molecule has 1 aliphatic rings. The summed E-state index contributed by atoms with van der Waals surface area (Å²) in [6.07, 6.45) is 1.49. The van der Waals surface area contributed by atoms with Gasteiger partial charge in [0.25, 0.3) is 0 Å². The maximum absolute atomic E-state index is 12.7. The number of nitrogens with zero attached hydrogens (tertiary/aromatic N) is 1. The number of nitrogens with one attached hydrogen (secondary N) is 1. The van der Waals surface area contributed by atoms with Crippen molar-refractivity contribution in [2.45, 2.75) is 19.8 Å². The summed E-state index contributed by atoms with van der Waals surface area (Å²) in [4.78, 5) is 24.4. The Labute approximate surface area is 168 Å². The monoisotopic (exact) mass is 398 g/mol. The van der Waals surface area contributed by atoms with Crippen molar-refractivity contribution < 1.29 is 19.1 Å². The van der Waals surface area contributed by atoms with Gasteiger partial charge in [-0.25, -0.2) is 4.79 Å². The van der Waals surface area contributed by atoms with Crippen LogP contribution < -0.4 is 5.32 Å². The lowest BCUT2D eigenvalue weighted by atomic mass is 9.82. The van der Waals surface area contributed by atoms with E-state index in [9.17, 15) is 14.9 Å². The van der Waals surface area contributed by atoms with E-state index in [1.165, 1.54) is 17.8 Å². The van der Waals surface area contributed by atoms with E-state index in [1.54, 1.807) is 13.8 Å². The first-order valence-corrected chi connectivity index (χ1v) is 9.75. The zero-order valence-corrected chi connectivity index (χ0v) is 16.7. The van der Waals surface area contributed by atoms with Crippen LogP contribution in [-0.4, -0.2) is 30.9 Å². The van der Waals surface area contributed by atoms with Crippen LogP contribution in [0.25, 0.3) is 0 Å². The average molecular weight is 398 g/mol. The lowest BCUT2D eigenvalue weighted by Crippen LogP contribution is -2.29. The molecule has 1 aliphatic heterocycles. The fourth-order valence-corrected chi connectivity index (χ4v) is 3.71. The number of allylic oxidation sites excluding steroid dienone is 2. The number of dihydropyridines is 1. The molecule has 1 aromatic rings. The lowest BCUT2D eigenvalue weighted by Gasteiger charge is -2.29. The van der Waals surface area contributed by atoms with Crippen LogP contribution in [0.4, 0.5) is 0 Å². The first-order valence-electron chi connectivity index (χ1n) is 8.76. The summed E-state index contributed by atoms with van der Waals surface area (Å²) in [5.74, 6) is -1.41. The number of hydrogen-bond donors (Lipinski definition) is 1. The van der Waals surface area contributed by atoms with E-state index in [2.05, 4.69) is 18.0 Å². The SMILES string of the molecule is C=CCOC(=O)C1=C(C)NC(SCC(=O)OCC)=C(C#N)[C@H]1c1ccccc1. The van der Waals surface area contributed by atoms with E-state index < -0.39 is 11.9 Å². The first-order chi connectivity index (χ1) is 13.5. The highest BCUT2D eigenvalue weighted by atomic mass is 32.2. The van der Waals surface area contributed by atoms with Crippen molar-refractivity contribution in [2.24, 2.45) is 0 Å². The Bertz CT molecular complexity index is 853. The molecule has 0 unspecified atom stereocenters. The third kappa shape index (κ3) is 5.05. The van der Waals surface area contributed by atoms with Crippen molar-refractivity contribution in [3.8, 4) is 6.07 Å². The molecule has 0 bridgehead atoms. The van der Waals surface area contributed by atoms with Crippen molar-refractivity contribution in [1.29, 1.82) is 5.26 Å². The van der Waals surface area contributed by atoms with Crippen LogP contribution in [0.2, 0.25) is 0 Å². The normalized spacial score (nSPS) is 16.1. The number of thioether (sulfide) groups is 1. The number of esters is 2. The van der Waals surface area contributed by atoms with Gasteiger partial charge in [-0.15, -0.1) is 0 Å². The molecule has 0 saturated heterocycles. The van der Waals surface area contributed by atoms with E-state index in [0.717, 1.165) is 5.56 Å². The average Bonchev–Trinajstić information content (AvgIpc) is 2.70. The number of ether oxygens (including phenoxy) is 2. The Balaban J connectivity index is 2.45. The van der Waals surface area contributed by atoms with E-state index in [1.807, 2.05) is 30.3 Å². The largest absolute Gasteiger partial charge is 0.465 e. The van der Waals surface area contributed by atoms with Crippen molar-refractivity contribution in [3.63, 3.8) is 0 Å². The van der Waals surface area contributed by atoms with Crippen molar-refractivity contribution in [1.82, 2.24) is 5.32 Å². The van der Waals surface area contributed by atoms with Crippen LogP contribution in [0.3, 0.4) is 0 Å². The topological polar surface area (TPSA) is 88.4 Å². The molecule has 0 amide bonds. The minimum Gasteiger partial charge on any atom is -0.465 e. The Morgan fingerprint density at radius 3 is 2.64 bits per heavy atom. The Hall–Kier alpha value is -2.98. The third-order valence-corrected chi connectivity index (χ3v) is 4.96. The molecule has 0 radical (unpaired) electrons. The van der Waals surface area contributed by atoms with Crippen molar-refractivity contribution >= 4 is 23.7 Å². The maximum atomic E-state index is 12.7. The molecule has 6 nitrogen and oxygen atoms in total. The minimum absolute atomic E-state index is 0.0619. The van der Waals surface area contributed by atoms with Crippen molar-refractivity contribution in [3.05, 3.63) is 70.4 Å². The predicted molar refractivity (Wildman–Crippen MR) is 108 cm³/mol. The van der Waals surface area contributed by atoms with Crippen LogP contribution in [0.1, 0.15) is 25.3 Å². The highest BCUT2D eigenvalue weighted by Crippen LogP contribution is 2.40. The van der Waals surface area contributed by atoms with E-state index in [4.69, 9.17) is 9.47 Å². The summed E-state index contributed by atoms with van der Waals surface area (Å²) < 4.78 is 10.2. The standard InChI is InChI=1S/C21H22N2O4S/c1-4-11-27-21(25)18-14(3)23-20(28-13-17(24)26-5-2)16(12-22)19(18)15-9-7-6-8-10-15/h4,6-10,19,23H,1,5,11,13H2,2-3H3/t19-/m1/s1. The van der Waals surface area contributed by atoms with E-state index in [0.29, 0.717) is 28.5 Å². The Kier molecular flexibility index (Phi) is 7.90. The predicted octanol–water partition coefficient (Wildman–Crippen LogP) is 3.41. The maximum Gasteiger partial charge on any atom is 0.337 e. The molecule has 1 N–H and O–H groups in total. The number of hydrogen-bond acceptors (Lipinski definition) is 7. The van der Waals surface area contributed by atoms with Gasteiger partial charge in [-0.2, -0.15) is 5.26 Å². The summed E-state index contributed by atoms with van der Waals surface area (Å²) >= 11 is 1.18. The molecule has 28 heavy (non-hydrogen) atoms. The molecule has 1 aromatic carbocycles. The van der Waals surface area contributed by atoms with Crippen LogP contribution in [0.5, 0.6) is 0 Å². The second-order valence-corrected chi connectivity index (χ2v) is 6.83. The molecule has 0 saturated carbocycles. The minimum atomic E-state index is -0.588. The molecule has 146 valence electrons. The molecule has 7 heteroatoms. The van der Waals surface area contributed by atoms with E-state index in [-0.39, 0.29) is 18.3 Å². The van der Waals surface area contributed by atoms with Gasteiger partial charge >= 0.3 is 11.9 Å². The van der Waals surface area contributed by atoms with Crippen molar-refractivity contribution in [2.75, 3.05) is 19.0 Å². The number of benzene rings is 1. The lowest BCUT2D eigenvalue weighted by molar-refractivity contribution is -0.140. The summed E-state index contributed by atoms with van der Waals surface area (Å²) in [7, 11) is 0. The molecule has 2 rings (SSSR count). The van der Waals surface area contributed by atoms with Gasteiger partial charge in [-0.05, 0) is 19.4 Å². The van der Waals surface area contributed by atoms with Crippen LogP contribution in [0, 0.1) is 11.3 Å². The number of carbonyl (C=O) groups excluding carboxylic acids is 2. The van der Waals surface area contributed by atoms with Gasteiger partial charge in [0.05, 0.1) is 40.5 Å².